The topological polar surface area (TPSA) is 65.7 Å². The second kappa shape index (κ2) is 7.45. The predicted octanol–water partition coefficient (Wildman–Crippen LogP) is 4.77. The normalized spacial score (nSPS) is 11.4. The van der Waals surface area contributed by atoms with Gasteiger partial charge in [-0.3, -0.25) is 0 Å². The van der Waals surface area contributed by atoms with E-state index in [1.54, 1.807) is 50.2 Å². The molecule has 2 aromatic carbocycles. The maximum atomic E-state index is 12.6. The summed E-state index contributed by atoms with van der Waals surface area (Å²) in [5.74, 6) is 0.195. The Balaban J connectivity index is 1.82. The van der Waals surface area contributed by atoms with E-state index in [1.165, 1.54) is 12.1 Å². The molecule has 3 aromatic rings. The Labute approximate surface area is 161 Å². The smallest absolute Gasteiger partial charge is 0.355 e. The van der Waals surface area contributed by atoms with Crippen LogP contribution in [0.1, 0.15) is 26.3 Å². The lowest BCUT2D eigenvalue weighted by Crippen LogP contribution is -2.41. The summed E-state index contributed by atoms with van der Waals surface area (Å²) in [4.78, 5) is 24.2. The molecule has 140 valence electrons. The molecule has 0 N–H and O–H groups in total. The van der Waals surface area contributed by atoms with Crippen LogP contribution in [-0.2, 0) is 11.2 Å². The lowest BCUT2D eigenvalue weighted by molar-refractivity contribution is -0.149. The molecule has 0 amide bonds. The molecule has 0 saturated carbocycles. The van der Waals surface area contributed by atoms with E-state index >= 15 is 0 Å². The van der Waals surface area contributed by atoms with E-state index in [0.29, 0.717) is 22.8 Å². The maximum absolute atomic E-state index is 12.6. The highest BCUT2D eigenvalue weighted by Crippen LogP contribution is 2.26. The van der Waals surface area contributed by atoms with E-state index in [0.717, 1.165) is 10.9 Å². The number of hydrogen-bond donors (Lipinski definition) is 0. The first kappa shape index (κ1) is 19.0. The first-order chi connectivity index (χ1) is 12.8. The van der Waals surface area contributed by atoms with Crippen molar-refractivity contribution >= 4 is 28.5 Å². The van der Waals surface area contributed by atoms with Crippen molar-refractivity contribution in [2.45, 2.75) is 32.8 Å². The molecule has 0 saturated heterocycles. The van der Waals surface area contributed by atoms with Gasteiger partial charge in [0.25, 0.3) is 0 Å². The molecule has 0 aliphatic carbocycles. The molecule has 6 heteroatoms. The molecular weight excluding hydrogens is 368 g/mol. The Morgan fingerprint density at radius 1 is 1.07 bits per heavy atom. The number of ether oxygens (including phenoxy) is 2. The number of halogens is 1. The monoisotopic (exact) mass is 386 g/mol. The Hall–Kier alpha value is -2.79. The minimum atomic E-state index is -1.23. The van der Waals surface area contributed by atoms with Crippen molar-refractivity contribution in [3.05, 3.63) is 69.5 Å². The second-order valence-corrected chi connectivity index (χ2v) is 6.99. The highest BCUT2D eigenvalue weighted by Gasteiger charge is 2.32. The fourth-order valence-electron chi connectivity index (χ4n) is 2.64. The molecule has 3 rings (SSSR count). The van der Waals surface area contributed by atoms with Gasteiger partial charge >= 0.3 is 11.6 Å². The zero-order valence-corrected chi connectivity index (χ0v) is 16.0. The Kier molecular flexibility index (Phi) is 5.24. The van der Waals surface area contributed by atoms with Crippen LogP contribution in [0.2, 0.25) is 5.02 Å². The van der Waals surface area contributed by atoms with Crippen LogP contribution in [0.25, 0.3) is 11.0 Å². The number of aryl methyl sites for hydroxylation is 1. The van der Waals surface area contributed by atoms with Gasteiger partial charge in [-0.25, -0.2) is 9.59 Å². The van der Waals surface area contributed by atoms with Crippen molar-refractivity contribution in [1.82, 2.24) is 0 Å². The molecular formula is C21H19ClO5. The molecule has 0 radical (unpaired) electrons. The lowest BCUT2D eigenvalue weighted by atomic mass is 10.1. The third-order valence-electron chi connectivity index (χ3n) is 4.07. The summed E-state index contributed by atoms with van der Waals surface area (Å²) < 4.78 is 16.4. The number of fused-ring (bicyclic) bond motifs is 1. The molecule has 0 atom stereocenters. The van der Waals surface area contributed by atoms with Crippen molar-refractivity contribution in [1.29, 1.82) is 0 Å². The van der Waals surface area contributed by atoms with E-state index < -0.39 is 17.2 Å². The second-order valence-electron chi connectivity index (χ2n) is 6.56. The first-order valence-corrected chi connectivity index (χ1v) is 8.90. The van der Waals surface area contributed by atoms with Gasteiger partial charge in [0.15, 0.2) is 0 Å². The summed E-state index contributed by atoms with van der Waals surface area (Å²) in [7, 11) is 0. The van der Waals surface area contributed by atoms with Crippen molar-refractivity contribution < 1.29 is 18.7 Å². The van der Waals surface area contributed by atoms with Crippen LogP contribution in [0.5, 0.6) is 11.5 Å². The Morgan fingerprint density at radius 3 is 2.41 bits per heavy atom. The third-order valence-corrected chi connectivity index (χ3v) is 4.32. The minimum absolute atomic E-state index is 0.275. The summed E-state index contributed by atoms with van der Waals surface area (Å²) >= 11 is 5.85. The van der Waals surface area contributed by atoms with Crippen molar-refractivity contribution in [2.75, 3.05) is 0 Å². The Morgan fingerprint density at radius 2 is 1.74 bits per heavy atom. The zero-order valence-electron chi connectivity index (χ0n) is 15.2. The highest BCUT2D eigenvalue weighted by molar-refractivity contribution is 6.30. The van der Waals surface area contributed by atoms with Crippen LogP contribution in [0.3, 0.4) is 0 Å². The average Bonchev–Trinajstić information content (AvgIpc) is 2.62. The van der Waals surface area contributed by atoms with Crippen LogP contribution in [0, 0.1) is 0 Å². The van der Waals surface area contributed by atoms with Crippen LogP contribution in [-0.4, -0.2) is 11.6 Å². The highest BCUT2D eigenvalue weighted by atomic mass is 35.5. The van der Waals surface area contributed by atoms with Gasteiger partial charge in [-0.2, -0.15) is 0 Å². The predicted molar refractivity (Wildman–Crippen MR) is 104 cm³/mol. The van der Waals surface area contributed by atoms with Crippen LogP contribution >= 0.6 is 11.6 Å². The fourth-order valence-corrected chi connectivity index (χ4v) is 2.76. The van der Waals surface area contributed by atoms with E-state index in [2.05, 4.69) is 0 Å². The average molecular weight is 387 g/mol. The third kappa shape index (κ3) is 4.31. The molecule has 0 spiro atoms. The summed E-state index contributed by atoms with van der Waals surface area (Å²) in [6, 6.07) is 13.1. The largest absolute Gasteiger partial charge is 0.476 e. The number of carbonyl (C=O) groups excluding carboxylic acids is 1. The van der Waals surface area contributed by atoms with E-state index in [1.807, 2.05) is 6.92 Å². The number of benzene rings is 2. The van der Waals surface area contributed by atoms with Gasteiger partial charge in [-0.05, 0) is 62.2 Å². The fraction of sp³-hybridized carbons (Fsp3) is 0.238. The molecule has 5 nitrogen and oxygen atoms in total. The van der Waals surface area contributed by atoms with Gasteiger partial charge in [-0.1, -0.05) is 18.5 Å². The van der Waals surface area contributed by atoms with Crippen molar-refractivity contribution in [3.8, 4) is 11.5 Å². The standard InChI is InChI=1S/C21H19ClO5/c1-4-13-11-19(23)26-18-12-16(9-10-17(13)18)25-20(24)21(2,3)27-15-7-5-14(22)6-8-15/h5-12H,4H2,1-3H3. The van der Waals surface area contributed by atoms with Crippen molar-refractivity contribution in [3.63, 3.8) is 0 Å². The summed E-state index contributed by atoms with van der Waals surface area (Å²) in [6.07, 6.45) is 0.698. The molecule has 27 heavy (non-hydrogen) atoms. The summed E-state index contributed by atoms with van der Waals surface area (Å²) in [5, 5.41) is 1.39. The van der Waals surface area contributed by atoms with Gasteiger partial charge in [0.05, 0.1) is 0 Å². The maximum Gasteiger partial charge on any atom is 0.355 e. The van der Waals surface area contributed by atoms with Crippen molar-refractivity contribution in [2.24, 2.45) is 0 Å². The van der Waals surface area contributed by atoms with Crippen LogP contribution < -0.4 is 15.1 Å². The number of esters is 1. The lowest BCUT2D eigenvalue weighted by Gasteiger charge is -2.24. The zero-order chi connectivity index (χ0) is 19.6. The van der Waals surface area contributed by atoms with Gasteiger partial charge in [0, 0.05) is 22.5 Å². The van der Waals surface area contributed by atoms with Crippen LogP contribution in [0.15, 0.2) is 57.7 Å². The van der Waals surface area contributed by atoms with Gasteiger partial charge in [0.2, 0.25) is 5.60 Å². The quantitative estimate of drug-likeness (QED) is 0.359. The van der Waals surface area contributed by atoms with E-state index in [9.17, 15) is 9.59 Å². The van der Waals surface area contributed by atoms with Crippen LogP contribution in [0.4, 0.5) is 0 Å². The molecule has 0 fully saturated rings. The molecule has 1 heterocycles. The SMILES string of the molecule is CCc1cc(=O)oc2cc(OC(=O)C(C)(C)Oc3ccc(Cl)cc3)ccc12. The molecule has 0 unspecified atom stereocenters. The minimum Gasteiger partial charge on any atom is -0.476 e. The Bertz CT molecular complexity index is 1030. The van der Waals surface area contributed by atoms with E-state index in [-0.39, 0.29) is 5.75 Å². The van der Waals surface area contributed by atoms with Gasteiger partial charge in [-0.15, -0.1) is 0 Å². The number of hydrogen-bond acceptors (Lipinski definition) is 5. The molecule has 0 aliphatic heterocycles. The molecule has 0 bridgehead atoms. The van der Waals surface area contributed by atoms with Gasteiger partial charge < -0.3 is 13.9 Å². The molecule has 0 aliphatic rings. The van der Waals surface area contributed by atoms with E-state index in [4.69, 9.17) is 25.5 Å². The summed E-state index contributed by atoms with van der Waals surface area (Å²) in [6.45, 7) is 5.18. The first-order valence-electron chi connectivity index (χ1n) is 8.52. The van der Waals surface area contributed by atoms with Gasteiger partial charge in [0.1, 0.15) is 17.1 Å². The molecule has 1 aromatic heterocycles. The summed E-state index contributed by atoms with van der Waals surface area (Å²) in [5.41, 5.74) is -0.407. The number of carbonyl (C=O) groups is 1. The number of rotatable bonds is 5.